The second-order valence-corrected chi connectivity index (χ2v) is 6.04. The average Bonchev–Trinajstić information content (AvgIpc) is 2.72. The minimum absolute atomic E-state index is 0.0974. The van der Waals surface area contributed by atoms with Gasteiger partial charge in [0, 0.05) is 0 Å². The topological polar surface area (TPSA) is 110 Å². The van der Waals surface area contributed by atoms with Crippen LogP contribution in [0.25, 0.3) is 0 Å². The predicted octanol–water partition coefficient (Wildman–Crippen LogP) is 3.07. The third-order valence-electron chi connectivity index (χ3n) is 3.62. The van der Waals surface area contributed by atoms with E-state index < -0.39 is 17.7 Å². The maximum atomic E-state index is 13.9. The summed E-state index contributed by atoms with van der Waals surface area (Å²) in [5.41, 5.74) is 2.48. The number of hydrogen-bond acceptors (Lipinski definition) is 7. The molecule has 1 N–H and O–H groups in total. The van der Waals surface area contributed by atoms with Gasteiger partial charge in [-0.05, 0) is 42.8 Å². The number of methoxy groups -OCH3 is 1. The van der Waals surface area contributed by atoms with Gasteiger partial charge in [-0.15, -0.1) is 0 Å². The van der Waals surface area contributed by atoms with Gasteiger partial charge in [0.2, 0.25) is 0 Å². The lowest BCUT2D eigenvalue weighted by Gasteiger charge is -2.13. The van der Waals surface area contributed by atoms with E-state index in [1.54, 1.807) is 19.1 Å². The van der Waals surface area contributed by atoms with Crippen molar-refractivity contribution in [1.29, 1.82) is 5.26 Å². The standard InChI is InChI=1S/C20H17ClFN3O5/c1-3-29-17-8-13(6-15(21)19(17)30-11-18(26)28-2)10-24-25-20(27)14-5-4-12(9-23)7-16(14)22/h4-8,10H,3,11H2,1-2H3,(H,25,27)/b24-10-. The second-order valence-electron chi connectivity index (χ2n) is 5.63. The molecule has 0 radical (unpaired) electrons. The molecule has 2 rings (SSSR count). The maximum Gasteiger partial charge on any atom is 0.343 e. The summed E-state index contributed by atoms with van der Waals surface area (Å²) in [6, 6.07) is 8.27. The highest BCUT2D eigenvalue weighted by atomic mass is 35.5. The average molecular weight is 434 g/mol. The quantitative estimate of drug-likeness (QED) is 0.389. The third-order valence-corrected chi connectivity index (χ3v) is 3.90. The first kappa shape index (κ1) is 22.6. The molecule has 2 aromatic rings. The van der Waals surface area contributed by atoms with Crippen LogP contribution in [0.4, 0.5) is 4.39 Å². The lowest BCUT2D eigenvalue weighted by Crippen LogP contribution is -2.19. The van der Waals surface area contributed by atoms with Crippen LogP contribution in [0.15, 0.2) is 35.4 Å². The van der Waals surface area contributed by atoms with Gasteiger partial charge in [-0.3, -0.25) is 4.79 Å². The van der Waals surface area contributed by atoms with Crippen molar-refractivity contribution in [2.45, 2.75) is 6.92 Å². The lowest BCUT2D eigenvalue weighted by atomic mass is 10.1. The molecule has 0 bridgehead atoms. The first-order chi connectivity index (χ1) is 14.4. The number of carbonyl (C=O) groups excluding carboxylic acids is 2. The largest absolute Gasteiger partial charge is 0.490 e. The zero-order chi connectivity index (χ0) is 22.1. The number of hydrazone groups is 1. The van der Waals surface area contributed by atoms with Crippen LogP contribution in [-0.2, 0) is 9.53 Å². The van der Waals surface area contributed by atoms with Crippen LogP contribution in [0.5, 0.6) is 11.5 Å². The van der Waals surface area contributed by atoms with Gasteiger partial charge in [0.25, 0.3) is 5.91 Å². The van der Waals surface area contributed by atoms with Crippen molar-refractivity contribution in [2.75, 3.05) is 20.3 Å². The van der Waals surface area contributed by atoms with Gasteiger partial charge in [0.1, 0.15) is 5.82 Å². The highest BCUT2D eigenvalue weighted by molar-refractivity contribution is 6.32. The molecule has 0 aliphatic heterocycles. The summed E-state index contributed by atoms with van der Waals surface area (Å²) in [5, 5.41) is 12.7. The first-order valence-corrected chi connectivity index (χ1v) is 8.96. The van der Waals surface area contributed by atoms with Crippen LogP contribution >= 0.6 is 11.6 Å². The number of hydrogen-bond donors (Lipinski definition) is 1. The molecule has 0 heterocycles. The molecule has 10 heteroatoms. The molecule has 0 aliphatic carbocycles. The molecule has 0 spiro atoms. The summed E-state index contributed by atoms with van der Waals surface area (Å²) >= 11 is 6.20. The smallest absolute Gasteiger partial charge is 0.343 e. The van der Waals surface area contributed by atoms with Crippen LogP contribution in [0, 0.1) is 17.1 Å². The fraction of sp³-hybridized carbons (Fsp3) is 0.200. The molecule has 0 atom stereocenters. The Labute approximate surface area is 176 Å². The molecule has 0 fully saturated rings. The van der Waals surface area contributed by atoms with Crippen molar-refractivity contribution in [3.63, 3.8) is 0 Å². The second kappa shape index (κ2) is 10.8. The summed E-state index contributed by atoms with van der Waals surface area (Å²) in [6.45, 7) is 1.71. The fourth-order valence-electron chi connectivity index (χ4n) is 2.25. The molecular formula is C20H17ClFN3O5. The van der Waals surface area contributed by atoms with Crippen molar-refractivity contribution in [3.05, 3.63) is 57.9 Å². The minimum atomic E-state index is -0.837. The molecular weight excluding hydrogens is 417 g/mol. The normalized spacial score (nSPS) is 10.4. The fourth-order valence-corrected chi connectivity index (χ4v) is 2.52. The Bertz CT molecular complexity index is 1020. The Morgan fingerprint density at radius 2 is 2.07 bits per heavy atom. The molecule has 1 amide bonds. The lowest BCUT2D eigenvalue weighted by molar-refractivity contribution is -0.142. The summed E-state index contributed by atoms with van der Waals surface area (Å²) in [6.07, 6.45) is 1.28. The molecule has 2 aromatic carbocycles. The third kappa shape index (κ3) is 5.93. The highest BCUT2D eigenvalue weighted by Crippen LogP contribution is 2.36. The van der Waals surface area contributed by atoms with E-state index in [0.717, 1.165) is 6.07 Å². The highest BCUT2D eigenvalue weighted by Gasteiger charge is 2.15. The number of carbonyl (C=O) groups is 2. The van der Waals surface area contributed by atoms with Gasteiger partial charge >= 0.3 is 5.97 Å². The minimum Gasteiger partial charge on any atom is -0.490 e. The van der Waals surface area contributed by atoms with Crippen LogP contribution in [-0.4, -0.2) is 38.4 Å². The molecule has 0 saturated carbocycles. The van der Waals surface area contributed by atoms with Gasteiger partial charge in [-0.2, -0.15) is 10.4 Å². The molecule has 0 saturated heterocycles. The Hall–Kier alpha value is -3.64. The van der Waals surface area contributed by atoms with Gasteiger partial charge in [-0.25, -0.2) is 14.6 Å². The van der Waals surface area contributed by atoms with Crippen LogP contribution < -0.4 is 14.9 Å². The van der Waals surface area contributed by atoms with Gasteiger partial charge in [0.15, 0.2) is 18.1 Å². The zero-order valence-corrected chi connectivity index (χ0v) is 16.8. The number of ether oxygens (including phenoxy) is 3. The Morgan fingerprint density at radius 1 is 1.30 bits per heavy atom. The summed E-state index contributed by atoms with van der Waals surface area (Å²) in [4.78, 5) is 23.3. The number of amides is 1. The molecule has 30 heavy (non-hydrogen) atoms. The Balaban J connectivity index is 2.15. The first-order valence-electron chi connectivity index (χ1n) is 8.58. The summed E-state index contributed by atoms with van der Waals surface area (Å²) in [7, 11) is 1.23. The number of halogens is 2. The number of nitriles is 1. The van der Waals surface area contributed by atoms with Crippen molar-refractivity contribution in [3.8, 4) is 17.6 Å². The zero-order valence-electron chi connectivity index (χ0n) is 16.1. The van der Waals surface area contributed by atoms with Gasteiger partial charge in [0.05, 0.1) is 42.2 Å². The van der Waals surface area contributed by atoms with Crippen molar-refractivity contribution in [2.24, 2.45) is 5.10 Å². The van der Waals surface area contributed by atoms with E-state index in [2.05, 4.69) is 15.3 Å². The molecule has 156 valence electrons. The van der Waals surface area contributed by atoms with E-state index in [9.17, 15) is 14.0 Å². The Kier molecular flexibility index (Phi) is 8.14. The monoisotopic (exact) mass is 433 g/mol. The number of nitrogens with zero attached hydrogens (tertiary/aromatic N) is 2. The SMILES string of the molecule is CCOc1cc(/C=N\NC(=O)c2ccc(C#N)cc2F)cc(Cl)c1OCC(=O)OC. The van der Waals surface area contributed by atoms with E-state index in [0.29, 0.717) is 12.2 Å². The van der Waals surface area contributed by atoms with E-state index in [-0.39, 0.29) is 34.3 Å². The summed E-state index contributed by atoms with van der Waals surface area (Å²) < 4.78 is 29.2. The maximum absolute atomic E-state index is 13.9. The van der Waals surface area contributed by atoms with Crippen molar-refractivity contribution in [1.82, 2.24) is 5.43 Å². The summed E-state index contributed by atoms with van der Waals surface area (Å²) in [5.74, 6) is -1.79. The van der Waals surface area contributed by atoms with Gasteiger partial charge < -0.3 is 14.2 Å². The van der Waals surface area contributed by atoms with Gasteiger partial charge in [-0.1, -0.05) is 11.6 Å². The number of esters is 1. The van der Waals surface area contributed by atoms with E-state index in [1.807, 2.05) is 0 Å². The van der Waals surface area contributed by atoms with Crippen molar-refractivity contribution < 1.29 is 28.2 Å². The van der Waals surface area contributed by atoms with Crippen LogP contribution in [0.1, 0.15) is 28.4 Å². The predicted molar refractivity (Wildman–Crippen MR) is 106 cm³/mol. The van der Waals surface area contributed by atoms with Crippen LogP contribution in [0.2, 0.25) is 5.02 Å². The molecule has 0 aromatic heterocycles. The number of nitrogens with one attached hydrogen (secondary N) is 1. The Morgan fingerprint density at radius 3 is 2.70 bits per heavy atom. The van der Waals surface area contributed by atoms with Crippen LogP contribution in [0.3, 0.4) is 0 Å². The molecule has 0 aliphatic rings. The van der Waals surface area contributed by atoms with E-state index in [1.165, 1.54) is 31.5 Å². The number of benzene rings is 2. The molecule has 0 unspecified atom stereocenters. The molecule has 8 nitrogen and oxygen atoms in total. The number of rotatable bonds is 8. The van der Waals surface area contributed by atoms with E-state index in [4.69, 9.17) is 26.3 Å². The van der Waals surface area contributed by atoms with Crippen molar-refractivity contribution >= 4 is 29.7 Å². The van der Waals surface area contributed by atoms with E-state index >= 15 is 0 Å².